The molecule has 2 aromatic carbocycles. The smallest absolute Gasteiger partial charge is 0.216 e. The van der Waals surface area contributed by atoms with Crippen molar-refractivity contribution in [2.24, 2.45) is 0 Å². The molecular weight excluding hydrogens is 291 g/mol. The molecule has 0 bridgehead atoms. The average molecular weight is 308 g/mol. The molecule has 112 valence electrons. The predicted octanol–water partition coefficient (Wildman–Crippen LogP) is 2.59. The van der Waals surface area contributed by atoms with Crippen molar-refractivity contribution in [1.29, 1.82) is 0 Å². The first-order valence-electron chi connectivity index (χ1n) is 6.45. The van der Waals surface area contributed by atoms with Gasteiger partial charge in [0.1, 0.15) is 5.82 Å². The van der Waals surface area contributed by atoms with Crippen molar-refractivity contribution in [2.45, 2.75) is 18.7 Å². The molecular formula is C15H17FN2O2S. The molecule has 2 rings (SSSR count). The molecule has 3 N–H and O–H groups in total. The lowest BCUT2D eigenvalue weighted by Gasteiger charge is -2.15. The van der Waals surface area contributed by atoms with Crippen LogP contribution in [-0.2, 0) is 15.8 Å². The Balaban J connectivity index is 2.08. The Hall–Kier alpha value is -1.92. The van der Waals surface area contributed by atoms with Crippen LogP contribution in [0.3, 0.4) is 0 Å². The maximum atomic E-state index is 13.2. The molecule has 4 nitrogen and oxygen atoms in total. The fourth-order valence-corrected chi connectivity index (χ4v) is 3.38. The first-order valence-corrected chi connectivity index (χ1v) is 8.11. The van der Waals surface area contributed by atoms with Crippen molar-refractivity contribution in [2.75, 3.05) is 5.73 Å². The van der Waals surface area contributed by atoms with Gasteiger partial charge < -0.3 is 5.73 Å². The number of sulfonamides is 1. The molecule has 0 amide bonds. The molecule has 0 radical (unpaired) electrons. The lowest BCUT2D eigenvalue weighted by Crippen LogP contribution is -2.28. The minimum atomic E-state index is -3.52. The van der Waals surface area contributed by atoms with E-state index in [1.54, 1.807) is 43.3 Å². The Morgan fingerprint density at radius 2 is 1.86 bits per heavy atom. The number of hydrogen-bond acceptors (Lipinski definition) is 3. The van der Waals surface area contributed by atoms with E-state index >= 15 is 0 Å². The minimum absolute atomic E-state index is 0.146. The topological polar surface area (TPSA) is 72.2 Å². The van der Waals surface area contributed by atoms with Crippen LogP contribution in [0, 0.1) is 5.82 Å². The third-order valence-electron chi connectivity index (χ3n) is 3.04. The van der Waals surface area contributed by atoms with E-state index in [0.29, 0.717) is 16.8 Å². The lowest BCUT2D eigenvalue weighted by molar-refractivity contribution is 0.563. The van der Waals surface area contributed by atoms with E-state index in [-0.39, 0.29) is 5.75 Å². The van der Waals surface area contributed by atoms with Gasteiger partial charge in [-0.1, -0.05) is 24.3 Å². The van der Waals surface area contributed by atoms with Crippen LogP contribution < -0.4 is 10.5 Å². The van der Waals surface area contributed by atoms with Gasteiger partial charge in [0.25, 0.3) is 0 Å². The zero-order chi connectivity index (χ0) is 15.5. The summed E-state index contributed by atoms with van der Waals surface area (Å²) in [7, 11) is -3.52. The van der Waals surface area contributed by atoms with Gasteiger partial charge in [-0.2, -0.15) is 0 Å². The molecule has 0 aliphatic carbocycles. The molecule has 1 unspecified atom stereocenters. The molecule has 0 saturated carbocycles. The number of anilines is 1. The average Bonchev–Trinajstić information content (AvgIpc) is 2.40. The van der Waals surface area contributed by atoms with Gasteiger partial charge >= 0.3 is 0 Å². The van der Waals surface area contributed by atoms with Crippen molar-refractivity contribution in [3.63, 3.8) is 0 Å². The molecule has 1 atom stereocenters. The van der Waals surface area contributed by atoms with E-state index in [1.165, 1.54) is 12.1 Å². The Bertz CT molecular complexity index is 715. The van der Waals surface area contributed by atoms with Crippen LogP contribution in [0.1, 0.15) is 24.1 Å². The first kappa shape index (κ1) is 15.5. The summed E-state index contributed by atoms with van der Waals surface area (Å²) in [5, 5.41) is 0. The highest BCUT2D eigenvalue weighted by atomic mass is 32.2. The van der Waals surface area contributed by atoms with E-state index < -0.39 is 21.9 Å². The number of nitrogen functional groups attached to an aromatic ring is 1. The fraction of sp³-hybridized carbons (Fsp3) is 0.200. The molecule has 0 fully saturated rings. The predicted molar refractivity (Wildman–Crippen MR) is 81.4 cm³/mol. The molecule has 2 aromatic rings. The summed E-state index contributed by atoms with van der Waals surface area (Å²) in [6.07, 6.45) is 0. The van der Waals surface area contributed by atoms with Gasteiger partial charge in [-0.25, -0.2) is 17.5 Å². The second kappa shape index (κ2) is 6.24. The number of rotatable bonds is 5. The van der Waals surface area contributed by atoms with E-state index in [0.717, 1.165) is 0 Å². The highest BCUT2D eigenvalue weighted by Gasteiger charge is 2.16. The quantitative estimate of drug-likeness (QED) is 0.834. The third kappa shape index (κ3) is 4.54. The van der Waals surface area contributed by atoms with Crippen molar-refractivity contribution in [3.05, 3.63) is 65.5 Å². The summed E-state index contributed by atoms with van der Waals surface area (Å²) in [6, 6.07) is 12.0. The Morgan fingerprint density at radius 1 is 1.19 bits per heavy atom. The first-order chi connectivity index (χ1) is 9.85. The lowest BCUT2D eigenvalue weighted by atomic mass is 10.1. The van der Waals surface area contributed by atoms with E-state index in [4.69, 9.17) is 5.73 Å². The molecule has 6 heteroatoms. The van der Waals surface area contributed by atoms with Crippen molar-refractivity contribution < 1.29 is 12.8 Å². The number of nitrogens with two attached hydrogens (primary N) is 1. The van der Waals surface area contributed by atoms with Crippen molar-refractivity contribution in [3.8, 4) is 0 Å². The Kier molecular flexibility index (Phi) is 4.59. The Morgan fingerprint density at radius 3 is 2.48 bits per heavy atom. The zero-order valence-electron chi connectivity index (χ0n) is 11.6. The third-order valence-corrected chi connectivity index (χ3v) is 4.47. The van der Waals surface area contributed by atoms with Crippen LogP contribution in [-0.4, -0.2) is 8.42 Å². The number of benzene rings is 2. The van der Waals surface area contributed by atoms with Crippen LogP contribution in [0.4, 0.5) is 10.1 Å². The van der Waals surface area contributed by atoms with E-state index in [2.05, 4.69) is 4.72 Å². The number of nitrogens with one attached hydrogen (secondary N) is 1. The van der Waals surface area contributed by atoms with Gasteiger partial charge in [-0.15, -0.1) is 0 Å². The van der Waals surface area contributed by atoms with Gasteiger partial charge in [0.15, 0.2) is 0 Å². The second-order valence-corrected chi connectivity index (χ2v) is 6.65. The van der Waals surface area contributed by atoms with Crippen LogP contribution >= 0.6 is 0 Å². The van der Waals surface area contributed by atoms with Gasteiger partial charge in [0.05, 0.1) is 5.75 Å². The molecule has 21 heavy (non-hydrogen) atoms. The van der Waals surface area contributed by atoms with Crippen molar-refractivity contribution >= 4 is 15.7 Å². The van der Waals surface area contributed by atoms with Gasteiger partial charge in [-0.3, -0.25) is 0 Å². The molecule has 0 aromatic heterocycles. The molecule has 0 spiro atoms. The number of halogens is 1. The summed E-state index contributed by atoms with van der Waals surface area (Å²) in [5.41, 5.74) is 7.36. The summed E-state index contributed by atoms with van der Waals surface area (Å²) < 4.78 is 39.9. The van der Waals surface area contributed by atoms with Crippen molar-refractivity contribution in [1.82, 2.24) is 4.72 Å². The van der Waals surface area contributed by atoms with Gasteiger partial charge in [-0.05, 0) is 42.3 Å². The van der Waals surface area contributed by atoms with Crippen LogP contribution in [0.5, 0.6) is 0 Å². The SMILES string of the molecule is CC(NS(=O)(=O)Cc1ccc(N)cc1)c1cccc(F)c1. The summed E-state index contributed by atoms with van der Waals surface area (Å²) >= 11 is 0. The maximum absolute atomic E-state index is 13.2. The molecule has 0 saturated heterocycles. The summed E-state index contributed by atoms with van der Waals surface area (Å²) in [6.45, 7) is 1.68. The molecule has 0 aliphatic rings. The molecule has 0 heterocycles. The fourth-order valence-electron chi connectivity index (χ4n) is 1.99. The highest BCUT2D eigenvalue weighted by Crippen LogP contribution is 2.16. The minimum Gasteiger partial charge on any atom is -0.399 e. The van der Waals surface area contributed by atoms with Crippen LogP contribution in [0.25, 0.3) is 0 Å². The summed E-state index contributed by atoms with van der Waals surface area (Å²) in [4.78, 5) is 0. The van der Waals surface area contributed by atoms with E-state index in [1.807, 2.05) is 0 Å². The zero-order valence-corrected chi connectivity index (χ0v) is 12.4. The second-order valence-electron chi connectivity index (χ2n) is 4.90. The monoisotopic (exact) mass is 308 g/mol. The molecule has 0 aliphatic heterocycles. The standard InChI is InChI=1S/C15H17FN2O2S/c1-11(13-3-2-4-14(16)9-13)18-21(19,20)10-12-5-7-15(17)8-6-12/h2-9,11,18H,10,17H2,1H3. The van der Waals surface area contributed by atoms with Gasteiger partial charge in [0, 0.05) is 11.7 Å². The Labute approximate surface area is 123 Å². The largest absolute Gasteiger partial charge is 0.399 e. The van der Waals surface area contributed by atoms with Crippen LogP contribution in [0.15, 0.2) is 48.5 Å². The summed E-state index contributed by atoms with van der Waals surface area (Å²) in [5.74, 6) is -0.537. The van der Waals surface area contributed by atoms with Gasteiger partial charge in [0.2, 0.25) is 10.0 Å². The van der Waals surface area contributed by atoms with E-state index in [9.17, 15) is 12.8 Å². The maximum Gasteiger partial charge on any atom is 0.216 e. The highest BCUT2D eigenvalue weighted by molar-refractivity contribution is 7.88. The normalized spacial score (nSPS) is 13.0. The van der Waals surface area contributed by atoms with Crippen LogP contribution in [0.2, 0.25) is 0 Å². The number of hydrogen-bond donors (Lipinski definition) is 2.